The molecule has 0 aliphatic rings. The highest BCUT2D eigenvalue weighted by molar-refractivity contribution is 6.78. The summed E-state index contributed by atoms with van der Waals surface area (Å²) in [5, 5.41) is 0.282. The van der Waals surface area contributed by atoms with E-state index in [9.17, 15) is 0 Å². The monoisotopic (exact) mass is 289 g/mol. The zero-order valence-corrected chi connectivity index (χ0v) is 15.7. The van der Waals surface area contributed by atoms with Gasteiger partial charge in [0.2, 0.25) is 0 Å². The van der Waals surface area contributed by atoms with E-state index in [0.29, 0.717) is 12.1 Å². The average Bonchev–Trinajstić information content (AvgIpc) is 2.13. The highest BCUT2D eigenvalue weighted by atomic mass is 28.4. The van der Waals surface area contributed by atoms with Crippen molar-refractivity contribution < 1.29 is 9.16 Å². The molecular formula is C14H33O2Si2. The Bertz CT molecular complexity index is 239. The van der Waals surface area contributed by atoms with Crippen molar-refractivity contribution in [2.75, 3.05) is 19.8 Å². The van der Waals surface area contributed by atoms with E-state index in [1.807, 2.05) is 0 Å². The zero-order valence-electron chi connectivity index (χ0n) is 13.7. The van der Waals surface area contributed by atoms with Crippen molar-refractivity contribution in [3.63, 3.8) is 0 Å². The van der Waals surface area contributed by atoms with Gasteiger partial charge in [-0.15, -0.1) is 0 Å². The molecule has 0 amide bonds. The lowest BCUT2D eigenvalue weighted by Gasteiger charge is -2.39. The van der Waals surface area contributed by atoms with Crippen LogP contribution >= 0.6 is 0 Å². The van der Waals surface area contributed by atoms with Crippen LogP contribution in [0.2, 0.25) is 43.3 Å². The molecule has 0 saturated carbocycles. The summed E-state index contributed by atoms with van der Waals surface area (Å²) in [6, 6.07) is 0. The molecule has 0 aromatic heterocycles. The van der Waals surface area contributed by atoms with E-state index in [1.165, 1.54) is 0 Å². The quantitative estimate of drug-likeness (QED) is 0.639. The molecule has 0 N–H and O–H groups in total. The molecule has 0 aliphatic heterocycles. The van der Waals surface area contributed by atoms with Gasteiger partial charge >= 0.3 is 0 Å². The van der Waals surface area contributed by atoms with Gasteiger partial charge in [0.25, 0.3) is 0 Å². The molecule has 0 aromatic carbocycles. The van der Waals surface area contributed by atoms with E-state index in [1.54, 1.807) is 0 Å². The Morgan fingerprint density at radius 1 is 1.00 bits per heavy atom. The first kappa shape index (κ1) is 18.4. The Labute approximate surface area is 117 Å². The maximum absolute atomic E-state index is 6.35. The van der Waals surface area contributed by atoms with Crippen molar-refractivity contribution in [1.29, 1.82) is 0 Å². The molecule has 0 aliphatic carbocycles. The summed E-state index contributed by atoms with van der Waals surface area (Å²) in [4.78, 5) is 0. The molecule has 0 aromatic rings. The van der Waals surface area contributed by atoms with Crippen molar-refractivity contribution in [3.8, 4) is 0 Å². The molecule has 0 bridgehead atoms. The van der Waals surface area contributed by atoms with Gasteiger partial charge in [0.1, 0.15) is 0 Å². The molecule has 0 fully saturated rings. The van der Waals surface area contributed by atoms with Crippen LogP contribution < -0.4 is 0 Å². The van der Waals surface area contributed by atoms with Crippen LogP contribution in [0.25, 0.3) is 0 Å². The first-order chi connectivity index (χ1) is 7.92. The van der Waals surface area contributed by atoms with Gasteiger partial charge in [-0.1, -0.05) is 40.4 Å². The van der Waals surface area contributed by atoms with Crippen molar-refractivity contribution >= 4 is 16.4 Å². The van der Waals surface area contributed by atoms with Gasteiger partial charge in [-0.05, 0) is 30.6 Å². The van der Waals surface area contributed by atoms with Crippen molar-refractivity contribution in [2.45, 2.75) is 64.1 Å². The van der Waals surface area contributed by atoms with Crippen LogP contribution in [-0.4, -0.2) is 36.2 Å². The summed E-state index contributed by atoms with van der Waals surface area (Å²) in [6.45, 7) is 24.6. The molecule has 0 saturated heterocycles. The summed E-state index contributed by atoms with van der Waals surface area (Å²) < 4.78 is 11.9. The van der Waals surface area contributed by atoms with Crippen LogP contribution in [0.15, 0.2) is 0 Å². The fourth-order valence-electron chi connectivity index (χ4n) is 1.30. The lowest BCUT2D eigenvalue weighted by atomic mass is 10.2. The lowest BCUT2D eigenvalue weighted by Crippen LogP contribution is -2.44. The molecule has 1 unspecified atom stereocenters. The fraction of sp³-hybridized carbons (Fsp3) is 0.929. The van der Waals surface area contributed by atoms with Crippen LogP contribution in [-0.2, 0) is 9.16 Å². The minimum atomic E-state index is -1.63. The van der Waals surface area contributed by atoms with Crippen molar-refractivity contribution in [1.82, 2.24) is 0 Å². The van der Waals surface area contributed by atoms with E-state index in [0.717, 1.165) is 13.2 Å². The third-order valence-electron chi connectivity index (χ3n) is 4.14. The Morgan fingerprint density at radius 3 is 1.83 bits per heavy atom. The van der Waals surface area contributed by atoms with E-state index >= 15 is 0 Å². The molecule has 4 heteroatoms. The Morgan fingerprint density at radius 2 is 1.50 bits per heavy atom. The second kappa shape index (κ2) is 6.68. The average molecular weight is 290 g/mol. The van der Waals surface area contributed by atoms with Gasteiger partial charge in [0.15, 0.2) is 8.32 Å². The lowest BCUT2D eigenvalue weighted by molar-refractivity contribution is 0.137. The van der Waals surface area contributed by atoms with Gasteiger partial charge < -0.3 is 9.16 Å². The first-order valence-electron chi connectivity index (χ1n) is 6.93. The molecule has 109 valence electrons. The molecule has 0 spiro atoms. The highest BCUT2D eigenvalue weighted by Gasteiger charge is 2.38. The van der Waals surface area contributed by atoms with Crippen molar-refractivity contribution in [3.05, 3.63) is 6.92 Å². The van der Waals surface area contributed by atoms with Gasteiger partial charge in [-0.3, -0.25) is 0 Å². The molecule has 0 rings (SSSR count). The minimum Gasteiger partial charge on any atom is -0.417 e. The van der Waals surface area contributed by atoms with E-state index < -0.39 is 16.4 Å². The summed E-state index contributed by atoms with van der Waals surface area (Å²) in [6.07, 6.45) is 0. The van der Waals surface area contributed by atoms with Crippen molar-refractivity contribution in [2.24, 2.45) is 0 Å². The first-order valence-corrected chi connectivity index (χ1v) is 13.4. The third-order valence-corrected chi connectivity index (χ3v) is 11.4. The van der Waals surface area contributed by atoms with Gasteiger partial charge in [-0.2, -0.15) is 0 Å². The van der Waals surface area contributed by atoms with Crippen LogP contribution in [0.5, 0.6) is 0 Å². The number of rotatable bonds is 7. The van der Waals surface area contributed by atoms with Crippen LogP contribution in [0.1, 0.15) is 20.8 Å². The van der Waals surface area contributed by atoms with E-state index in [2.05, 4.69) is 60.4 Å². The molecular weight excluding hydrogens is 256 g/mol. The Kier molecular flexibility index (Phi) is 6.81. The van der Waals surface area contributed by atoms with Crippen LogP contribution in [0.3, 0.4) is 0 Å². The van der Waals surface area contributed by atoms with Gasteiger partial charge in [0, 0.05) is 19.8 Å². The smallest absolute Gasteiger partial charge is 0.191 e. The summed E-state index contributed by atoms with van der Waals surface area (Å²) in [7, 11) is -2.87. The molecule has 1 atom stereocenters. The number of hydrogen-bond acceptors (Lipinski definition) is 2. The second-order valence-corrected chi connectivity index (χ2v) is 18.1. The summed E-state index contributed by atoms with van der Waals surface area (Å²) in [5.41, 5.74) is 0.563. The molecule has 18 heavy (non-hydrogen) atoms. The highest BCUT2D eigenvalue weighted by Crippen LogP contribution is 2.37. The summed E-state index contributed by atoms with van der Waals surface area (Å²) in [5.74, 6) is 0. The Balaban J connectivity index is 4.53. The van der Waals surface area contributed by atoms with Gasteiger partial charge in [0.05, 0.1) is 8.07 Å². The third kappa shape index (κ3) is 6.00. The normalized spacial score (nSPS) is 15.8. The van der Waals surface area contributed by atoms with Crippen LogP contribution in [0.4, 0.5) is 0 Å². The zero-order chi connectivity index (χ0) is 14.6. The molecule has 1 radical (unpaired) electrons. The standard InChI is InChI=1S/C14H33O2Si2/c1-10-15-11-13(17(5,6)7)12-16-18(8,9)14(2,3)4/h13H,1,10-12H2,2-9H3. The van der Waals surface area contributed by atoms with Crippen LogP contribution in [0, 0.1) is 6.92 Å². The molecule has 2 nitrogen and oxygen atoms in total. The number of ether oxygens (including phenoxy) is 1. The largest absolute Gasteiger partial charge is 0.417 e. The SMILES string of the molecule is [CH2]COCC(CO[Si](C)(C)C(C)(C)C)[Si](C)(C)C. The summed E-state index contributed by atoms with van der Waals surface area (Å²) >= 11 is 0. The van der Waals surface area contributed by atoms with E-state index in [4.69, 9.17) is 9.16 Å². The Hall–Kier alpha value is 0.354. The molecule has 0 heterocycles. The number of hydrogen-bond donors (Lipinski definition) is 0. The topological polar surface area (TPSA) is 18.5 Å². The maximum atomic E-state index is 6.35. The predicted molar refractivity (Wildman–Crippen MR) is 86.4 cm³/mol. The fourth-order valence-corrected chi connectivity index (χ4v) is 3.72. The predicted octanol–water partition coefficient (Wildman–Crippen LogP) is 4.57. The second-order valence-electron chi connectivity index (χ2n) is 7.71. The maximum Gasteiger partial charge on any atom is 0.191 e. The van der Waals surface area contributed by atoms with Gasteiger partial charge in [-0.25, -0.2) is 0 Å². The van der Waals surface area contributed by atoms with E-state index in [-0.39, 0.29) is 5.04 Å². The minimum absolute atomic E-state index is 0.282.